The highest BCUT2D eigenvalue weighted by atomic mass is 79.9. The second-order valence-corrected chi connectivity index (χ2v) is 6.20. The van der Waals surface area contributed by atoms with Crippen molar-refractivity contribution in [3.8, 4) is 0 Å². The Labute approximate surface area is 130 Å². The molecule has 1 unspecified atom stereocenters. The summed E-state index contributed by atoms with van der Waals surface area (Å²) in [4.78, 5) is 4.54. The maximum atomic E-state index is 13.7. The molecule has 1 fully saturated rings. The lowest BCUT2D eigenvalue weighted by molar-refractivity contribution is 0.0596. The van der Waals surface area contributed by atoms with Crippen LogP contribution in [-0.2, 0) is 11.2 Å². The number of imidazole rings is 1. The van der Waals surface area contributed by atoms with E-state index < -0.39 is 0 Å². The van der Waals surface area contributed by atoms with Crippen LogP contribution >= 0.6 is 27.5 Å². The van der Waals surface area contributed by atoms with Gasteiger partial charge in [-0.15, -0.1) is 11.6 Å². The summed E-state index contributed by atoms with van der Waals surface area (Å²) in [6.45, 7) is 1.49. The zero-order valence-corrected chi connectivity index (χ0v) is 13.3. The van der Waals surface area contributed by atoms with Gasteiger partial charge in [-0.2, -0.15) is 0 Å². The number of benzene rings is 1. The Morgan fingerprint density at radius 1 is 1.50 bits per heavy atom. The van der Waals surface area contributed by atoms with Gasteiger partial charge in [-0.05, 0) is 34.8 Å². The summed E-state index contributed by atoms with van der Waals surface area (Å²) in [6.07, 6.45) is 2.76. The van der Waals surface area contributed by atoms with Gasteiger partial charge in [0.1, 0.15) is 11.6 Å². The van der Waals surface area contributed by atoms with Gasteiger partial charge >= 0.3 is 0 Å². The predicted octanol–water partition coefficient (Wildman–Crippen LogP) is 4.07. The molecule has 1 aromatic carbocycles. The fourth-order valence-electron chi connectivity index (χ4n) is 2.74. The van der Waals surface area contributed by atoms with E-state index in [0.29, 0.717) is 28.9 Å². The van der Waals surface area contributed by atoms with Crippen LogP contribution in [-0.4, -0.2) is 28.6 Å². The average Bonchev–Trinajstić information content (AvgIpc) is 2.78. The van der Waals surface area contributed by atoms with Crippen molar-refractivity contribution in [3.05, 3.63) is 28.2 Å². The smallest absolute Gasteiger partial charge is 0.139 e. The van der Waals surface area contributed by atoms with Crippen LogP contribution < -0.4 is 0 Å². The molecule has 0 bridgehead atoms. The molecule has 2 heterocycles. The second kappa shape index (κ2) is 6.00. The van der Waals surface area contributed by atoms with E-state index >= 15 is 0 Å². The fourth-order valence-corrected chi connectivity index (χ4v) is 3.24. The molecule has 1 atom stereocenters. The van der Waals surface area contributed by atoms with Crippen molar-refractivity contribution in [2.45, 2.75) is 25.3 Å². The van der Waals surface area contributed by atoms with Crippen LogP contribution in [0, 0.1) is 5.82 Å². The molecule has 20 heavy (non-hydrogen) atoms. The van der Waals surface area contributed by atoms with Gasteiger partial charge in [0.25, 0.3) is 0 Å². The normalized spacial score (nSPS) is 19.6. The maximum Gasteiger partial charge on any atom is 0.139 e. The highest BCUT2D eigenvalue weighted by Crippen LogP contribution is 2.30. The summed E-state index contributed by atoms with van der Waals surface area (Å²) in [5.41, 5.74) is 1.62. The van der Waals surface area contributed by atoms with E-state index in [-0.39, 0.29) is 11.9 Å². The van der Waals surface area contributed by atoms with E-state index in [0.717, 1.165) is 30.8 Å². The third-order valence-corrected chi connectivity index (χ3v) is 4.42. The quantitative estimate of drug-likeness (QED) is 0.771. The molecule has 0 saturated carbocycles. The Hall–Kier alpha value is -0.650. The standard InChI is InChI=1S/C14H15BrClFN2O/c15-10-6-13-12(7-11(10)17)18-14(3-4-16)19(13)9-2-1-5-20-8-9/h6-7,9H,1-5,8H2. The van der Waals surface area contributed by atoms with Gasteiger partial charge in [-0.1, -0.05) is 0 Å². The molecule has 0 N–H and O–H groups in total. The lowest BCUT2D eigenvalue weighted by Gasteiger charge is -2.25. The molecule has 108 valence electrons. The number of alkyl halides is 1. The van der Waals surface area contributed by atoms with Crippen molar-refractivity contribution in [1.82, 2.24) is 9.55 Å². The number of nitrogens with zero attached hydrogens (tertiary/aromatic N) is 2. The molecule has 1 aromatic heterocycles. The summed E-state index contributed by atoms with van der Waals surface area (Å²) in [7, 11) is 0. The zero-order valence-electron chi connectivity index (χ0n) is 10.9. The van der Waals surface area contributed by atoms with Gasteiger partial charge in [0.15, 0.2) is 0 Å². The third-order valence-electron chi connectivity index (χ3n) is 3.62. The van der Waals surface area contributed by atoms with Crippen LogP contribution in [0.5, 0.6) is 0 Å². The van der Waals surface area contributed by atoms with Crippen LogP contribution in [0.1, 0.15) is 24.7 Å². The monoisotopic (exact) mass is 360 g/mol. The highest BCUT2D eigenvalue weighted by Gasteiger charge is 2.22. The van der Waals surface area contributed by atoms with Crippen molar-refractivity contribution in [1.29, 1.82) is 0 Å². The van der Waals surface area contributed by atoms with Crippen molar-refractivity contribution >= 4 is 38.6 Å². The number of ether oxygens (including phenoxy) is 1. The summed E-state index contributed by atoms with van der Waals surface area (Å²) in [6, 6.07) is 3.52. The van der Waals surface area contributed by atoms with Crippen LogP contribution in [0.25, 0.3) is 11.0 Å². The van der Waals surface area contributed by atoms with Gasteiger partial charge in [0.2, 0.25) is 0 Å². The van der Waals surface area contributed by atoms with E-state index in [1.807, 2.05) is 0 Å². The van der Waals surface area contributed by atoms with E-state index in [9.17, 15) is 4.39 Å². The van der Waals surface area contributed by atoms with Gasteiger partial charge < -0.3 is 9.30 Å². The number of rotatable bonds is 3. The third kappa shape index (κ3) is 2.59. The molecule has 6 heteroatoms. The summed E-state index contributed by atoms with van der Waals surface area (Å²) in [5.74, 6) is 1.11. The first-order valence-electron chi connectivity index (χ1n) is 6.70. The zero-order chi connectivity index (χ0) is 14.1. The first-order chi connectivity index (χ1) is 9.70. The van der Waals surface area contributed by atoms with Crippen LogP contribution in [0.3, 0.4) is 0 Å². The lowest BCUT2D eigenvalue weighted by atomic mass is 10.1. The molecule has 2 aromatic rings. The molecular weight excluding hydrogens is 347 g/mol. The molecule has 1 aliphatic rings. The van der Waals surface area contributed by atoms with Crippen LogP contribution in [0.2, 0.25) is 0 Å². The second-order valence-electron chi connectivity index (χ2n) is 4.96. The van der Waals surface area contributed by atoms with Crippen molar-refractivity contribution in [2.24, 2.45) is 0 Å². The summed E-state index contributed by atoms with van der Waals surface area (Å²) in [5, 5.41) is 0. The molecule has 1 saturated heterocycles. The van der Waals surface area contributed by atoms with Gasteiger partial charge in [-0.25, -0.2) is 9.37 Å². The Kier molecular flexibility index (Phi) is 4.29. The summed E-state index contributed by atoms with van der Waals surface area (Å²) >= 11 is 9.12. The molecule has 0 aliphatic carbocycles. The van der Waals surface area contributed by atoms with Crippen LogP contribution in [0.4, 0.5) is 4.39 Å². The largest absolute Gasteiger partial charge is 0.379 e. The van der Waals surface area contributed by atoms with Crippen molar-refractivity contribution in [2.75, 3.05) is 19.1 Å². The molecule has 3 nitrogen and oxygen atoms in total. The van der Waals surface area contributed by atoms with E-state index in [2.05, 4.69) is 25.5 Å². The number of fused-ring (bicyclic) bond motifs is 1. The molecule has 1 aliphatic heterocycles. The molecular formula is C14H15BrClFN2O. The van der Waals surface area contributed by atoms with Gasteiger partial charge in [0.05, 0.1) is 28.2 Å². The number of halogens is 3. The maximum absolute atomic E-state index is 13.7. The topological polar surface area (TPSA) is 27.1 Å². The number of aromatic nitrogens is 2. The van der Waals surface area contributed by atoms with E-state index in [1.54, 1.807) is 6.07 Å². The Morgan fingerprint density at radius 3 is 3.05 bits per heavy atom. The molecule has 3 rings (SSSR count). The predicted molar refractivity (Wildman–Crippen MR) is 80.9 cm³/mol. The first kappa shape index (κ1) is 14.3. The highest BCUT2D eigenvalue weighted by molar-refractivity contribution is 9.10. The number of hydrogen-bond acceptors (Lipinski definition) is 2. The first-order valence-corrected chi connectivity index (χ1v) is 8.03. The minimum atomic E-state index is -0.292. The SMILES string of the molecule is Fc1cc2nc(CCCl)n(C3CCCOC3)c2cc1Br. The van der Waals surface area contributed by atoms with Crippen LogP contribution in [0.15, 0.2) is 16.6 Å². The average molecular weight is 362 g/mol. The molecule has 0 radical (unpaired) electrons. The Balaban J connectivity index is 2.14. The summed E-state index contributed by atoms with van der Waals surface area (Å²) < 4.78 is 21.9. The van der Waals surface area contributed by atoms with Crippen molar-refractivity contribution < 1.29 is 9.13 Å². The minimum absolute atomic E-state index is 0.254. The number of hydrogen-bond donors (Lipinski definition) is 0. The van der Waals surface area contributed by atoms with Crippen molar-refractivity contribution in [3.63, 3.8) is 0 Å². The Bertz CT molecular complexity index is 625. The lowest BCUT2D eigenvalue weighted by Crippen LogP contribution is -2.23. The molecule has 0 amide bonds. The minimum Gasteiger partial charge on any atom is -0.379 e. The fraction of sp³-hybridized carbons (Fsp3) is 0.500. The van der Waals surface area contributed by atoms with Gasteiger partial charge in [-0.3, -0.25) is 0 Å². The molecule has 0 spiro atoms. The number of aryl methyl sites for hydroxylation is 1. The van der Waals surface area contributed by atoms with E-state index in [4.69, 9.17) is 16.3 Å². The van der Waals surface area contributed by atoms with Gasteiger partial charge in [0, 0.05) is 25.0 Å². The Morgan fingerprint density at radius 2 is 2.35 bits per heavy atom. The van der Waals surface area contributed by atoms with E-state index in [1.165, 1.54) is 6.07 Å².